The monoisotopic (exact) mass is 200 g/mol. The Morgan fingerprint density at radius 1 is 0.929 bits per heavy atom. The van der Waals surface area contributed by atoms with Gasteiger partial charge in [0.1, 0.15) is 0 Å². The molecule has 14 heavy (non-hydrogen) atoms. The SMILES string of the molecule is CCCCCCOCCCC(C)CC. The minimum Gasteiger partial charge on any atom is -0.381 e. The lowest BCUT2D eigenvalue weighted by atomic mass is 10.0. The first-order valence-electron chi connectivity index (χ1n) is 6.39. The van der Waals surface area contributed by atoms with E-state index in [4.69, 9.17) is 4.74 Å². The molecule has 86 valence electrons. The molecule has 0 aliphatic rings. The normalized spacial score (nSPS) is 13.1. The zero-order chi connectivity index (χ0) is 10.6. The third kappa shape index (κ3) is 10.0. The summed E-state index contributed by atoms with van der Waals surface area (Å²) in [6, 6.07) is 0. The van der Waals surface area contributed by atoms with E-state index >= 15 is 0 Å². The van der Waals surface area contributed by atoms with Crippen LogP contribution in [0.3, 0.4) is 0 Å². The fourth-order valence-electron chi connectivity index (χ4n) is 1.47. The standard InChI is InChI=1S/C13H28O/c1-4-6-7-8-11-14-12-9-10-13(3)5-2/h13H,4-12H2,1-3H3. The predicted octanol–water partition coefficient (Wildman–Crippen LogP) is 4.41. The summed E-state index contributed by atoms with van der Waals surface area (Å²) in [5, 5.41) is 0. The van der Waals surface area contributed by atoms with Gasteiger partial charge in [-0.05, 0) is 25.2 Å². The van der Waals surface area contributed by atoms with Crippen molar-refractivity contribution < 1.29 is 4.74 Å². The minimum absolute atomic E-state index is 0.874. The van der Waals surface area contributed by atoms with Crippen molar-refractivity contribution in [2.75, 3.05) is 13.2 Å². The summed E-state index contributed by atoms with van der Waals surface area (Å²) in [5.41, 5.74) is 0. The second-order valence-electron chi connectivity index (χ2n) is 4.33. The average Bonchev–Trinajstić information content (AvgIpc) is 2.21. The van der Waals surface area contributed by atoms with E-state index in [2.05, 4.69) is 20.8 Å². The molecule has 0 N–H and O–H groups in total. The minimum atomic E-state index is 0.874. The zero-order valence-electron chi connectivity index (χ0n) is 10.3. The lowest BCUT2D eigenvalue weighted by Crippen LogP contribution is -2.00. The van der Waals surface area contributed by atoms with Gasteiger partial charge < -0.3 is 4.74 Å². The summed E-state index contributed by atoms with van der Waals surface area (Å²) in [6.07, 6.45) is 9.12. The first-order valence-corrected chi connectivity index (χ1v) is 6.39. The first-order chi connectivity index (χ1) is 6.81. The van der Waals surface area contributed by atoms with Crippen LogP contribution < -0.4 is 0 Å². The lowest BCUT2D eigenvalue weighted by molar-refractivity contribution is 0.123. The maximum atomic E-state index is 5.58. The van der Waals surface area contributed by atoms with E-state index in [1.54, 1.807) is 0 Å². The van der Waals surface area contributed by atoms with Crippen molar-refractivity contribution in [3.8, 4) is 0 Å². The number of hydrogen-bond acceptors (Lipinski definition) is 1. The Morgan fingerprint density at radius 2 is 1.64 bits per heavy atom. The molecule has 0 spiro atoms. The van der Waals surface area contributed by atoms with Gasteiger partial charge >= 0.3 is 0 Å². The van der Waals surface area contributed by atoms with Gasteiger partial charge in [0, 0.05) is 13.2 Å². The molecule has 0 radical (unpaired) electrons. The van der Waals surface area contributed by atoms with Crippen molar-refractivity contribution >= 4 is 0 Å². The van der Waals surface area contributed by atoms with Crippen LogP contribution in [0.5, 0.6) is 0 Å². The summed E-state index contributed by atoms with van der Waals surface area (Å²) >= 11 is 0. The van der Waals surface area contributed by atoms with Crippen molar-refractivity contribution in [2.45, 2.75) is 65.7 Å². The maximum Gasteiger partial charge on any atom is 0.0466 e. The smallest absolute Gasteiger partial charge is 0.0466 e. The van der Waals surface area contributed by atoms with E-state index in [9.17, 15) is 0 Å². The molecule has 1 unspecified atom stereocenters. The van der Waals surface area contributed by atoms with Crippen LogP contribution in [0.25, 0.3) is 0 Å². The molecule has 0 fully saturated rings. The molecule has 0 saturated heterocycles. The van der Waals surface area contributed by atoms with Crippen LogP contribution in [0.2, 0.25) is 0 Å². The van der Waals surface area contributed by atoms with Crippen LogP contribution in [-0.4, -0.2) is 13.2 Å². The fraction of sp³-hybridized carbons (Fsp3) is 1.00. The summed E-state index contributed by atoms with van der Waals surface area (Å²) in [4.78, 5) is 0. The van der Waals surface area contributed by atoms with Gasteiger partial charge in [0.05, 0.1) is 0 Å². The predicted molar refractivity (Wildman–Crippen MR) is 63.7 cm³/mol. The van der Waals surface area contributed by atoms with E-state index in [1.807, 2.05) is 0 Å². The molecule has 0 bridgehead atoms. The molecular formula is C13H28O. The Labute approximate surface area is 90.2 Å². The summed E-state index contributed by atoms with van der Waals surface area (Å²) in [5.74, 6) is 0.874. The molecule has 1 nitrogen and oxygen atoms in total. The largest absolute Gasteiger partial charge is 0.381 e. The third-order valence-corrected chi connectivity index (χ3v) is 2.82. The molecule has 0 amide bonds. The van der Waals surface area contributed by atoms with Crippen molar-refractivity contribution in [2.24, 2.45) is 5.92 Å². The van der Waals surface area contributed by atoms with Crippen molar-refractivity contribution in [1.29, 1.82) is 0 Å². The molecule has 0 rings (SSSR count). The molecule has 0 aliphatic heterocycles. The molecule has 0 aromatic heterocycles. The average molecular weight is 200 g/mol. The second-order valence-corrected chi connectivity index (χ2v) is 4.33. The molecule has 1 atom stereocenters. The van der Waals surface area contributed by atoms with Gasteiger partial charge in [-0.25, -0.2) is 0 Å². The van der Waals surface area contributed by atoms with Gasteiger partial charge in [-0.2, -0.15) is 0 Å². The Bertz CT molecular complexity index is 101. The molecule has 0 saturated carbocycles. The molecule has 0 aliphatic carbocycles. The Balaban J connectivity index is 2.92. The van der Waals surface area contributed by atoms with Gasteiger partial charge in [-0.15, -0.1) is 0 Å². The molecule has 0 aromatic carbocycles. The van der Waals surface area contributed by atoms with E-state index in [-0.39, 0.29) is 0 Å². The van der Waals surface area contributed by atoms with Gasteiger partial charge in [-0.1, -0.05) is 46.5 Å². The van der Waals surface area contributed by atoms with E-state index in [0.29, 0.717) is 0 Å². The highest BCUT2D eigenvalue weighted by Crippen LogP contribution is 2.09. The fourth-order valence-corrected chi connectivity index (χ4v) is 1.47. The van der Waals surface area contributed by atoms with Gasteiger partial charge in [0.2, 0.25) is 0 Å². The molecule has 0 aromatic rings. The van der Waals surface area contributed by atoms with Gasteiger partial charge in [-0.3, -0.25) is 0 Å². The molecule has 1 heteroatoms. The van der Waals surface area contributed by atoms with Crippen LogP contribution in [0.4, 0.5) is 0 Å². The van der Waals surface area contributed by atoms with E-state index in [1.165, 1.54) is 44.9 Å². The van der Waals surface area contributed by atoms with Gasteiger partial charge in [0.15, 0.2) is 0 Å². The lowest BCUT2D eigenvalue weighted by Gasteiger charge is -2.08. The number of rotatable bonds is 10. The summed E-state index contributed by atoms with van der Waals surface area (Å²) in [6.45, 7) is 8.77. The van der Waals surface area contributed by atoms with Crippen LogP contribution in [0.15, 0.2) is 0 Å². The van der Waals surface area contributed by atoms with Crippen molar-refractivity contribution in [3.05, 3.63) is 0 Å². The van der Waals surface area contributed by atoms with E-state index in [0.717, 1.165) is 19.1 Å². The zero-order valence-corrected chi connectivity index (χ0v) is 10.3. The number of hydrogen-bond donors (Lipinski definition) is 0. The Kier molecular flexibility index (Phi) is 11.0. The van der Waals surface area contributed by atoms with Crippen LogP contribution in [0.1, 0.15) is 65.7 Å². The van der Waals surface area contributed by atoms with E-state index < -0.39 is 0 Å². The van der Waals surface area contributed by atoms with Crippen LogP contribution >= 0.6 is 0 Å². The third-order valence-electron chi connectivity index (χ3n) is 2.82. The number of ether oxygens (including phenoxy) is 1. The molecular weight excluding hydrogens is 172 g/mol. The summed E-state index contributed by atoms with van der Waals surface area (Å²) in [7, 11) is 0. The first kappa shape index (κ1) is 14.0. The highest BCUT2D eigenvalue weighted by atomic mass is 16.5. The Morgan fingerprint density at radius 3 is 2.29 bits per heavy atom. The highest BCUT2D eigenvalue weighted by molar-refractivity contribution is 4.49. The second kappa shape index (κ2) is 11.0. The number of unbranched alkanes of at least 4 members (excludes halogenated alkanes) is 3. The van der Waals surface area contributed by atoms with Crippen molar-refractivity contribution in [3.63, 3.8) is 0 Å². The Hall–Kier alpha value is -0.0400. The molecule has 0 heterocycles. The summed E-state index contributed by atoms with van der Waals surface area (Å²) < 4.78 is 5.58. The van der Waals surface area contributed by atoms with Gasteiger partial charge in [0.25, 0.3) is 0 Å². The van der Waals surface area contributed by atoms with Crippen molar-refractivity contribution in [1.82, 2.24) is 0 Å². The van der Waals surface area contributed by atoms with Crippen LogP contribution in [0, 0.1) is 5.92 Å². The maximum absolute atomic E-state index is 5.58. The topological polar surface area (TPSA) is 9.23 Å². The highest BCUT2D eigenvalue weighted by Gasteiger charge is 1.97. The quantitative estimate of drug-likeness (QED) is 0.475. The van der Waals surface area contributed by atoms with Crippen LogP contribution in [-0.2, 0) is 4.74 Å².